The minimum absolute atomic E-state index is 0.455. The van der Waals surface area contributed by atoms with E-state index in [2.05, 4.69) is 45.0 Å². The van der Waals surface area contributed by atoms with E-state index in [1.807, 2.05) is 0 Å². The van der Waals surface area contributed by atoms with Crippen molar-refractivity contribution < 1.29 is 0 Å². The zero-order chi connectivity index (χ0) is 15.5. The van der Waals surface area contributed by atoms with Gasteiger partial charge in [-0.25, -0.2) is 0 Å². The predicted octanol–water partition coefficient (Wildman–Crippen LogP) is 4.30. The van der Waals surface area contributed by atoms with Crippen LogP contribution in [0.25, 0.3) is 0 Å². The largest absolute Gasteiger partial charge is 0.316 e. The topological polar surface area (TPSA) is 15.3 Å². The van der Waals surface area contributed by atoms with Crippen molar-refractivity contribution in [3.8, 4) is 0 Å². The SMILES string of the molecule is CNC1C(CN(CC(C)C)C2CCCC2)CCCC1(C)C. The van der Waals surface area contributed by atoms with Crippen LogP contribution in [-0.2, 0) is 0 Å². The first kappa shape index (κ1) is 17.3. The molecule has 21 heavy (non-hydrogen) atoms. The molecule has 2 aliphatic rings. The van der Waals surface area contributed by atoms with Gasteiger partial charge in [-0.15, -0.1) is 0 Å². The van der Waals surface area contributed by atoms with Crippen molar-refractivity contribution in [3.63, 3.8) is 0 Å². The fourth-order valence-corrected chi connectivity index (χ4v) is 5.02. The molecule has 2 rings (SSSR count). The second-order valence-electron chi connectivity index (χ2n) is 8.69. The van der Waals surface area contributed by atoms with Crippen molar-refractivity contribution in [2.24, 2.45) is 17.3 Å². The molecule has 0 aromatic rings. The first-order chi connectivity index (χ1) is 9.94. The summed E-state index contributed by atoms with van der Waals surface area (Å²) < 4.78 is 0. The molecule has 0 radical (unpaired) electrons. The van der Waals surface area contributed by atoms with Crippen LogP contribution < -0.4 is 5.32 Å². The lowest BCUT2D eigenvalue weighted by molar-refractivity contribution is 0.0638. The van der Waals surface area contributed by atoms with Gasteiger partial charge in [0.25, 0.3) is 0 Å². The van der Waals surface area contributed by atoms with E-state index in [1.165, 1.54) is 58.0 Å². The third-order valence-electron chi connectivity index (χ3n) is 5.93. The van der Waals surface area contributed by atoms with E-state index >= 15 is 0 Å². The number of nitrogens with one attached hydrogen (secondary N) is 1. The number of hydrogen-bond acceptors (Lipinski definition) is 2. The van der Waals surface area contributed by atoms with Gasteiger partial charge in [-0.05, 0) is 50.0 Å². The van der Waals surface area contributed by atoms with Gasteiger partial charge >= 0.3 is 0 Å². The maximum Gasteiger partial charge on any atom is 0.0156 e. The van der Waals surface area contributed by atoms with Crippen LogP contribution in [0.2, 0.25) is 0 Å². The summed E-state index contributed by atoms with van der Waals surface area (Å²) in [6.07, 6.45) is 9.98. The Labute approximate surface area is 133 Å². The van der Waals surface area contributed by atoms with Crippen molar-refractivity contribution in [3.05, 3.63) is 0 Å². The molecule has 2 saturated carbocycles. The zero-order valence-electron chi connectivity index (χ0n) is 15.1. The summed E-state index contributed by atoms with van der Waals surface area (Å²) in [5.74, 6) is 1.62. The first-order valence-electron chi connectivity index (χ1n) is 9.35. The first-order valence-corrected chi connectivity index (χ1v) is 9.35. The minimum Gasteiger partial charge on any atom is -0.316 e. The van der Waals surface area contributed by atoms with Crippen LogP contribution in [0.1, 0.15) is 72.6 Å². The second kappa shape index (κ2) is 7.46. The molecule has 0 heterocycles. The molecule has 0 amide bonds. The summed E-state index contributed by atoms with van der Waals surface area (Å²) in [5.41, 5.74) is 0.455. The van der Waals surface area contributed by atoms with Crippen LogP contribution in [0.3, 0.4) is 0 Å². The Morgan fingerprint density at radius 3 is 2.33 bits per heavy atom. The van der Waals surface area contributed by atoms with Gasteiger partial charge in [0.05, 0.1) is 0 Å². The monoisotopic (exact) mass is 294 g/mol. The highest BCUT2D eigenvalue weighted by atomic mass is 15.2. The van der Waals surface area contributed by atoms with Gasteiger partial charge in [-0.2, -0.15) is 0 Å². The van der Waals surface area contributed by atoms with E-state index in [0.717, 1.165) is 17.9 Å². The summed E-state index contributed by atoms with van der Waals surface area (Å²) in [6, 6.07) is 1.55. The van der Waals surface area contributed by atoms with E-state index in [1.54, 1.807) is 0 Å². The van der Waals surface area contributed by atoms with Crippen molar-refractivity contribution in [1.82, 2.24) is 10.2 Å². The van der Waals surface area contributed by atoms with Crippen LogP contribution in [0.15, 0.2) is 0 Å². The van der Waals surface area contributed by atoms with E-state index in [0.29, 0.717) is 11.5 Å². The summed E-state index contributed by atoms with van der Waals surface area (Å²) in [4.78, 5) is 2.86. The third kappa shape index (κ3) is 4.45. The van der Waals surface area contributed by atoms with E-state index in [-0.39, 0.29) is 0 Å². The number of nitrogens with zero attached hydrogens (tertiary/aromatic N) is 1. The molecule has 2 heteroatoms. The minimum atomic E-state index is 0.455. The van der Waals surface area contributed by atoms with Crippen molar-refractivity contribution in [2.75, 3.05) is 20.1 Å². The average Bonchev–Trinajstić information content (AvgIpc) is 2.90. The van der Waals surface area contributed by atoms with Gasteiger partial charge in [0.15, 0.2) is 0 Å². The lowest BCUT2D eigenvalue weighted by atomic mass is 9.67. The normalized spacial score (nSPS) is 30.4. The molecular formula is C19H38N2. The van der Waals surface area contributed by atoms with E-state index < -0.39 is 0 Å². The molecule has 0 spiro atoms. The lowest BCUT2D eigenvalue weighted by Gasteiger charge is -2.46. The average molecular weight is 295 g/mol. The quantitative estimate of drug-likeness (QED) is 0.785. The van der Waals surface area contributed by atoms with Crippen molar-refractivity contribution in [2.45, 2.75) is 84.7 Å². The van der Waals surface area contributed by atoms with Crippen LogP contribution in [0, 0.1) is 17.3 Å². The van der Waals surface area contributed by atoms with Gasteiger partial charge < -0.3 is 5.32 Å². The Balaban J connectivity index is 2.03. The molecule has 2 aliphatic carbocycles. The van der Waals surface area contributed by atoms with Crippen LogP contribution in [0.5, 0.6) is 0 Å². The van der Waals surface area contributed by atoms with Gasteiger partial charge in [0, 0.05) is 25.2 Å². The highest BCUT2D eigenvalue weighted by molar-refractivity contribution is 4.94. The molecular weight excluding hydrogens is 256 g/mol. The molecule has 2 unspecified atom stereocenters. The maximum absolute atomic E-state index is 3.67. The molecule has 0 bridgehead atoms. The highest BCUT2D eigenvalue weighted by Crippen LogP contribution is 2.40. The zero-order valence-corrected chi connectivity index (χ0v) is 15.1. The summed E-state index contributed by atoms with van der Waals surface area (Å²) >= 11 is 0. The molecule has 1 N–H and O–H groups in total. The molecule has 0 aliphatic heterocycles. The third-order valence-corrected chi connectivity index (χ3v) is 5.93. The van der Waals surface area contributed by atoms with Crippen LogP contribution in [-0.4, -0.2) is 37.1 Å². The molecule has 0 saturated heterocycles. The fourth-order valence-electron chi connectivity index (χ4n) is 5.02. The second-order valence-corrected chi connectivity index (χ2v) is 8.69. The molecule has 2 atom stereocenters. The standard InChI is InChI=1S/C19H38N2/c1-15(2)13-21(17-10-6-7-11-17)14-16-9-8-12-19(3,4)18(16)20-5/h15-18,20H,6-14H2,1-5H3. The molecule has 0 aromatic carbocycles. The summed E-state index contributed by atoms with van der Waals surface area (Å²) in [7, 11) is 2.17. The van der Waals surface area contributed by atoms with Gasteiger partial charge in [-0.3, -0.25) is 4.90 Å². The van der Waals surface area contributed by atoms with E-state index in [9.17, 15) is 0 Å². The number of rotatable bonds is 6. The van der Waals surface area contributed by atoms with Gasteiger partial charge in [-0.1, -0.05) is 47.0 Å². The summed E-state index contributed by atoms with van der Waals surface area (Å²) in [5, 5.41) is 3.67. The Morgan fingerprint density at radius 2 is 1.76 bits per heavy atom. The fraction of sp³-hybridized carbons (Fsp3) is 1.00. The molecule has 124 valence electrons. The number of hydrogen-bond donors (Lipinski definition) is 1. The predicted molar refractivity (Wildman–Crippen MR) is 92.6 cm³/mol. The maximum atomic E-state index is 3.67. The molecule has 2 nitrogen and oxygen atoms in total. The Kier molecular flexibility index (Phi) is 6.14. The smallest absolute Gasteiger partial charge is 0.0156 e. The molecule has 2 fully saturated rings. The lowest BCUT2D eigenvalue weighted by Crippen LogP contribution is -2.53. The van der Waals surface area contributed by atoms with Crippen LogP contribution in [0.4, 0.5) is 0 Å². The summed E-state index contributed by atoms with van der Waals surface area (Å²) in [6.45, 7) is 12.3. The Hall–Kier alpha value is -0.0800. The van der Waals surface area contributed by atoms with Crippen molar-refractivity contribution >= 4 is 0 Å². The van der Waals surface area contributed by atoms with Crippen molar-refractivity contribution in [1.29, 1.82) is 0 Å². The van der Waals surface area contributed by atoms with Crippen LogP contribution >= 0.6 is 0 Å². The Morgan fingerprint density at radius 1 is 1.10 bits per heavy atom. The highest BCUT2D eigenvalue weighted by Gasteiger charge is 2.39. The van der Waals surface area contributed by atoms with Gasteiger partial charge in [0.1, 0.15) is 0 Å². The van der Waals surface area contributed by atoms with E-state index in [4.69, 9.17) is 0 Å². The Bertz CT molecular complexity index is 305. The van der Waals surface area contributed by atoms with Gasteiger partial charge in [0.2, 0.25) is 0 Å². The molecule has 0 aromatic heterocycles.